The zero-order valence-electron chi connectivity index (χ0n) is 13.5. The predicted molar refractivity (Wildman–Crippen MR) is 93.3 cm³/mol. The number of nitrogens with one attached hydrogen (secondary N) is 1. The summed E-state index contributed by atoms with van der Waals surface area (Å²) in [5, 5.41) is 11.4. The van der Waals surface area contributed by atoms with Gasteiger partial charge in [-0.2, -0.15) is 5.26 Å². The molecular formula is C19H17N3O2. The SMILES string of the molecule is CN(C)C(=O)c1ccc(/C=C/C(=O)Nc2ccc(C#N)cc2)cc1. The lowest BCUT2D eigenvalue weighted by molar-refractivity contribution is -0.111. The Kier molecular flexibility index (Phi) is 5.48. The molecule has 0 heterocycles. The maximum absolute atomic E-state index is 11.9. The molecule has 120 valence electrons. The van der Waals surface area contributed by atoms with Crippen molar-refractivity contribution in [2.45, 2.75) is 0 Å². The fourth-order valence-electron chi connectivity index (χ4n) is 1.98. The number of amides is 2. The van der Waals surface area contributed by atoms with Gasteiger partial charge in [0.25, 0.3) is 5.91 Å². The highest BCUT2D eigenvalue weighted by Crippen LogP contribution is 2.10. The van der Waals surface area contributed by atoms with E-state index in [0.717, 1.165) is 5.56 Å². The zero-order valence-corrected chi connectivity index (χ0v) is 13.5. The molecule has 0 bridgehead atoms. The Morgan fingerprint density at radius 1 is 1.04 bits per heavy atom. The predicted octanol–water partition coefficient (Wildman–Crippen LogP) is 2.91. The summed E-state index contributed by atoms with van der Waals surface area (Å²) < 4.78 is 0. The van der Waals surface area contributed by atoms with Crippen molar-refractivity contribution in [1.82, 2.24) is 4.90 Å². The molecule has 0 aliphatic carbocycles. The van der Waals surface area contributed by atoms with E-state index in [2.05, 4.69) is 5.32 Å². The minimum atomic E-state index is -0.270. The second-order valence-corrected chi connectivity index (χ2v) is 5.33. The van der Waals surface area contributed by atoms with Crippen LogP contribution in [0.15, 0.2) is 54.6 Å². The maximum atomic E-state index is 11.9. The molecule has 0 aliphatic heterocycles. The van der Waals surface area contributed by atoms with E-state index in [0.29, 0.717) is 16.8 Å². The van der Waals surface area contributed by atoms with Gasteiger partial charge in [-0.1, -0.05) is 12.1 Å². The van der Waals surface area contributed by atoms with Crippen LogP contribution < -0.4 is 5.32 Å². The lowest BCUT2D eigenvalue weighted by Gasteiger charge is -2.09. The monoisotopic (exact) mass is 319 g/mol. The quantitative estimate of drug-likeness (QED) is 0.881. The summed E-state index contributed by atoms with van der Waals surface area (Å²) in [6.07, 6.45) is 3.09. The van der Waals surface area contributed by atoms with Crippen LogP contribution in [0, 0.1) is 11.3 Å². The third-order valence-electron chi connectivity index (χ3n) is 3.27. The summed E-state index contributed by atoms with van der Waals surface area (Å²) in [5.41, 5.74) is 2.57. The number of carbonyl (C=O) groups excluding carboxylic acids is 2. The summed E-state index contributed by atoms with van der Waals surface area (Å²) in [6, 6.07) is 15.6. The van der Waals surface area contributed by atoms with Crippen LogP contribution >= 0.6 is 0 Å². The number of hydrogen-bond acceptors (Lipinski definition) is 3. The maximum Gasteiger partial charge on any atom is 0.253 e. The molecule has 2 aromatic carbocycles. The topological polar surface area (TPSA) is 73.2 Å². The average molecular weight is 319 g/mol. The molecule has 2 amide bonds. The smallest absolute Gasteiger partial charge is 0.253 e. The standard InChI is InChI=1S/C19H17N3O2/c1-22(2)19(24)16-8-3-14(4-9-16)7-12-18(23)21-17-10-5-15(13-20)6-11-17/h3-12H,1-2H3,(H,21,23)/b12-7+. The van der Waals surface area contributed by atoms with Crippen molar-refractivity contribution in [2.75, 3.05) is 19.4 Å². The molecule has 24 heavy (non-hydrogen) atoms. The molecule has 1 N–H and O–H groups in total. The Morgan fingerprint density at radius 2 is 1.67 bits per heavy atom. The molecule has 0 unspecified atom stereocenters. The number of anilines is 1. The van der Waals surface area contributed by atoms with Crippen molar-refractivity contribution in [1.29, 1.82) is 5.26 Å². The number of rotatable bonds is 4. The molecule has 5 heteroatoms. The molecule has 0 aliphatic rings. The van der Waals surface area contributed by atoms with E-state index in [1.165, 1.54) is 11.0 Å². The van der Waals surface area contributed by atoms with Crippen molar-refractivity contribution in [3.05, 3.63) is 71.3 Å². The Labute approximate surface area is 140 Å². The highest BCUT2D eigenvalue weighted by molar-refractivity contribution is 6.02. The molecule has 2 aromatic rings. The van der Waals surface area contributed by atoms with Gasteiger partial charge in [0.1, 0.15) is 0 Å². The summed E-state index contributed by atoms with van der Waals surface area (Å²) in [6.45, 7) is 0. The molecular weight excluding hydrogens is 302 g/mol. The molecule has 0 spiro atoms. The van der Waals surface area contributed by atoms with Crippen LogP contribution in [0.5, 0.6) is 0 Å². The van der Waals surface area contributed by atoms with Gasteiger partial charge in [0.2, 0.25) is 5.91 Å². The number of nitriles is 1. The van der Waals surface area contributed by atoms with Crippen molar-refractivity contribution in [3.8, 4) is 6.07 Å². The van der Waals surface area contributed by atoms with Gasteiger partial charge >= 0.3 is 0 Å². The lowest BCUT2D eigenvalue weighted by Crippen LogP contribution is -2.21. The van der Waals surface area contributed by atoms with Gasteiger partial charge in [-0.15, -0.1) is 0 Å². The Balaban J connectivity index is 1.98. The van der Waals surface area contributed by atoms with Gasteiger partial charge in [0, 0.05) is 31.4 Å². The van der Waals surface area contributed by atoms with Crippen LogP contribution in [-0.4, -0.2) is 30.8 Å². The van der Waals surface area contributed by atoms with E-state index in [-0.39, 0.29) is 11.8 Å². The Bertz CT molecular complexity index is 798. The molecule has 0 atom stereocenters. The van der Waals surface area contributed by atoms with Crippen LogP contribution in [0.3, 0.4) is 0 Å². The van der Waals surface area contributed by atoms with Crippen LogP contribution in [0.25, 0.3) is 6.08 Å². The number of benzene rings is 2. The molecule has 0 saturated carbocycles. The van der Waals surface area contributed by atoms with Gasteiger partial charge in [-0.05, 0) is 48.0 Å². The van der Waals surface area contributed by atoms with Crippen LogP contribution in [0.2, 0.25) is 0 Å². The first-order valence-electron chi connectivity index (χ1n) is 7.30. The van der Waals surface area contributed by atoms with E-state index in [1.807, 2.05) is 6.07 Å². The van der Waals surface area contributed by atoms with Gasteiger partial charge in [-0.3, -0.25) is 9.59 Å². The first-order chi connectivity index (χ1) is 11.5. The number of carbonyl (C=O) groups is 2. The van der Waals surface area contributed by atoms with Crippen LogP contribution in [0.4, 0.5) is 5.69 Å². The van der Waals surface area contributed by atoms with Crippen molar-refractivity contribution < 1.29 is 9.59 Å². The molecule has 5 nitrogen and oxygen atoms in total. The van der Waals surface area contributed by atoms with E-state index in [1.54, 1.807) is 68.7 Å². The van der Waals surface area contributed by atoms with Gasteiger partial charge in [0.15, 0.2) is 0 Å². The molecule has 2 rings (SSSR count). The van der Waals surface area contributed by atoms with E-state index in [4.69, 9.17) is 5.26 Å². The highest BCUT2D eigenvalue weighted by Gasteiger charge is 2.06. The minimum absolute atomic E-state index is 0.0657. The van der Waals surface area contributed by atoms with E-state index < -0.39 is 0 Å². The Hall–Kier alpha value is -3.39. The van der Waals surface area contributed by atoms with Gasteiger partial charge in [-0.25, -0.2) is 0 Å². The summed E-state index contributed by atoms with van der Waals surface area (Å²) >= 11 is 0. The van der Waals surface area contributed by atoms with Crippen LogP contribution in [0.1, 0.15) is 21.5 Å². The molecule has 0 aromatic heterocycles. The fraction of sp³-hybridized carbons (Fsp3) is 0.105. The number of hydrogen-bond donors (Lipinski definition) is 1. The second kappa shape index (κ2) is 7.75. The molecule has 0 fully saturated rings. The van der Waals surface area contributed by atoms with Gasteiger partial charge < -0.3 is 10.2 Å². The lowest BCUT2D eigenvalue weighted by atomic mass is 10.1. The zero-order chi connectivity index (χ0) is 17.5. The van der Waals surface area contributed by atoms with Crippen molar-refractivity contribution in [2.24, 2.45) is 0 Å². The van der Waals surface area contributed by atoms with E-state index in [9.17, 15) is 9.59 Å². The average Bonchev–Trinajstić information content (AvgIpc) is 2.60. The molecule has 0 saturated heterocycles. The highest BCUT2D eigenvalue weighted by atomic mass is 16.2. The normalized spacial score (nSPS) is 10.2. The summed E-state index contributed by atoms with van der Waals surface area (Å²) in [5.74, 6) is -0.336. The van der Waals surface area contributed by atoms with Crippen molar-refractivity contribution >= 4 is 23.6 Å². The summed E-state index contributed by atoms with van der Waals surface area (Å²) in [4.78, 5) is 25.2. The summed E-state index contributed by atoms with van der Waals surface area (Å²) in [7, 11) is 3.40. The third kappa shape index (κ3) is 4.55. The fourth-order valence-corrected chi connectivity index (χ4v) is 1.98. The Morgan fingerprint density at radius 3 is 2.21 bits per heavy atom. The minimum Gasteiger partial charge on any atom is -0.345 e. The largest absolute Gasteiger partial charge is 0.345 e. The first-order valence-corrected chi connectivity index (χ1v) is 7.30. The molecule has 0 radical (unpaired) electrons. The van der Waals surface area contributed by atoms with Crippen LogP contribution in [-0.2, 0) is 4.79 Å². The van der Waals surface area contributed by atoms with Crippen molar-refractivity contribution in [3.63, 3.8) is 0 Å². The third-order valence-corrected chi connectivity index (χ3v) is 3.27. The second-order valence-electron chi connectivity index (χ2n) is 5.33. The number of nitrogens with zero attached hydrogens (tertiary/aromatic N) is 2. The van der Waals surface area contributed by atoms with Gasteiger partial charge in [0.05, 0.1) is 11.6 Å². The van der Waals surface area contributed by atoms with E-state index >= 15 is 0 Å². The first kappa shape index (κ1) is 17.0.